The molecular formula is C40H26NOP. The Hall–Kier alpha value is -5.17. The molecule has 0 unspecified atom stereocenters. The van der Waals surface area contributed by atoms with E-state index in [1.165, 1.54) is 32.3 Å². The molecule has 0 N–H and O–H groups in total. The molecule has 0 aliphatic heterocycles. The summed E-state index contributed by atoms with van der Waals surface area (Å²) >= 11 is 0. The summed E-state index contributed by atoms with van der Waals surface area (Å²) in [5, 5.41) is 12.4. The van der Waals surface area contributed by atoms with Gasteiger partial charge in [0.15, 0.2) is 7.14 Å². The normalized spacial score (nSPS) is 12.3. The first kappa shape index (κ1) is 24.4. The quantitative estimate of drug-likeness (QED) is 0.153. The van der Waals surface area contributed by atoms with Crippen molar-refractivity contribution in [3.05, 3.63) is 158 Å². The number of hydrogen-bond donors (Lipinski definition) is 0. The summed E-state index contributed by atoms with van der Waals surface area (Å²) in [7, 11) is -3.10. The van der Waals surface area contributed by atoms with Gasteiger partial charge in [0.25, 0.3) is 0 Å². The van der Waals surface area contributed by atoms with Gasteiger partial charge in [-0.1, -0.05) is 121 Å². The van der Waals surface area contributed by atoms with Crippen LogP contribution in [0.4, 0.5) is 0 Å². The number of hydrogen-bond acceptors (Lipinski definition) is 1. The van der Waals surface area contributed by atoms with Crippen LogP contribution in [-0.4, -0.2) is 4.57 Å². The molecule has 0 aliphatic carbocycles. The zero-order chi connectivity index (χ0) is 28.5. The Morgan fingerprint density at radius 2 is 0.930 bits per heavy atom. The fourth-order valence-corrected chi connectivity index (χ4v) is 9.70. The second-order valence-electron chi connectivity index (χ2n) is 11.3. The third kappa shape index (κ3) is 3.51. The van der Waals surface area contributed by atoms with Gasteiger partial charge in [-0.05, 0) is 68.7 Å². The Morgan fingerprint density at radius 1 is 0.395 bits per heavy atom. The monoisotopic (exact) mass is 567 g/mol. The lowest BCUT2D eigenvalue weighted by Crippen LogP contribution is -2.24. The van der Waals surface area contributed by atoms with Crippen molar-refractivity contribution in [1.82, 2.24) is 4.57 Å². The highest BCUT2D eigenvalue weighted by Gasteiger charge is 2.30. The van der Waals surface area contributed by atoms with E-state index in [1.807, 2.05) is 60.7 Å². The Labute approximate surface area is 249 Å². The third-order valence-electron chi connectivity index (χ3n) is 8.97. The summed E-state index contributed by atoms with van der Waals surface area (Å²) in [5.74, 6) is 0. The lowest BCUT2D eigenvalue weighted by molar-refractivity contribution is 0.592. The highest BCUT2D eigenvalue weighted by molar-refractivity contribution is 7.85. The van der Waals surface area contributed by atoms with Crippen molar-refractivity contribution in [2.75, 3.05) is 0 Å². The minimum absolute atomic E-state index is 0.843. The first-order valence-electron chi connectivity index (χ1n) is 14.6. The average Bonchev–Trinajstić information content (AvgIpc) is 3.41. The molecule has 2 nitrogen and oxygen atoms in total. The van der Waals surface area contributed by atoms with Gasteiger partial charge in [0, 0.05) is 32.4 Å². The lowest BCUT2D eigenvalue weighted by Gasteiger charge is -2.20. The van der Waals surface area contributed by atoms with Crippen molar-refractivity contribution < 1.29 is 4.57 Å². The van der Waals surface area contributed by atoms with Crippen LogP contribution in [0.3, 0.4) is 0 Å². The summed E-state index contributed by atoms with van der Waals surface area (Å²) in [5.41, 5.74) is 3.36. The summed E-state index contributed by atoms with van der Waals surface area (Å²) in [6.07, 6.45) is 0. The molecule has 0 spiro atoms. The van der Waals surface area contributed by atoms with Crippen molar-refractivity contribution in [2.24, 2.45) is 0 Å². The van der Waals surface area contributed by atoms with Gasteiger partial charge in [-0.2, -0.15) is 0 Å². The van der Waals surface area contributed by atoms with Gasteiger partial charge in [0.05, 0.1) is 11.0 Å². The summed E-state index contributed by atoms with van der Waals surface area (Å²) < 4.78 is 17.6. The van der Waals surface area contributed by atoms with E-state index >= 15 is 4.57 Å². The molecule has 0 fully saturated rings. The number of nitrogens with zero attached hydrogens (tertiary/aromatic N) is 1. The minimum Gasteiger partial charge on any atom is -0.309 e. The summed E-state index contributed by atoms with van der Waals surface area (Å²) in [4.78, 5) is 0. The molecular weight excluding hydrogens is 541 g/mol. The van der Waals surface area contributed by atoms with Gasteiger partial charge < -0.3 is 9.13 Å². The van der Waals surface area contributed by atoms with E-state index in [0.29, 0.717) is 0 Å². The highest BCUT2D eigenvalue weighted by Crippen LogP contribution is 2.44. The topological polar surface area (TPSA) is 22.0 Å². The molecule has 0 bridgehead atoms. The maximum atomic E-state index is 15.2. The molecule has 1 aromatic heterocycles. The molecule has 9 rings (SSSR count). The zero-order valence-corrected chi connectivity index (χ0v) is 24.2. The van der Waals surface area contributed by atoms with Gasteiger partial charge >= 0.3 is 0 Å². The molecule has 1 heterocycles. The van der Waals surface area contributed by atoms with Crippen LogP contribution in [0.25, 0.3) is 59.8 Å². The second kappa shape index (κ2) is 9.16. The second-order valence-corrected chi connectivity index (χ2v) is 14.1. The van der Waals surface area contributed by atoms with Crippen LogP contribution in [-0.2, 0) is 4.57 Å². The van der Waals surface area contributed by atoms with E-state index in [1.54, 1.807) is 0 Å². The fourth-order valence-electron chi connectivity index (χ4n) is 7.02. The van der Waals surface area contributed by atoms with E-state index < -0.39 is 7.14 Å². The van der Waals surface area contributed by atoms with Crippen LogP contribution in [0.5, 0.6) is 0 Å². The molecule has 0 amide bonds. The largest absolute Gasteiger partial charge is 0.309 e. The predicted octanol–water partition coefficient (Wildman–Crippen LogP) is 9.32. The van der Waals surface area contributed by atoms with E-state index in [4.69, 9.17) is 0 Å². The maximum absolute atomic E-state index is 15.2. The average molecular weight is 568 g/mol. The molecule has 3 heteroatoms. The van der Waals surface area contributed by atoms with Crippen molar-refractivity contribution >= 4 is 77.2 Å². The van der Waals surface area contributed by atoms with Crippen molar-refractivity contribution in [3.63, 3.8) is 0 Å². The molecule has 9 aromatic rings. The zero-order valence-electron chi connectivity index (χ0n) is 23.3. The smallest absolute Gasteiger partial charge is 0.171 e. The Balaban J connectivity index is 1.32. The number of fused-ring (bicyclic) bond motifs is 3. The molecule has 202 valence electrons. The summed E-state index contributed by atoms with van der Waals surface area (Å²) in [6.45, 7) is 0. The maximum Gasteiger partial charge on any atom is 0.171 e. The number of para-hydroxylation sites is 1. The van der Waals surface area contributed by atoms with E-state index in [9.17, 15) is 0 Å². The van der Waals surface area contributed by atoms with Crippen LogP contribution in [0.15, 0.2) is 158 Å². The van der Waals surface area contributed by atoms with Crippen LogP contribution in [0.1, 0.15) is 0 Å². The first-order chi connectivity index (χ1) is 21.2. The minimum atomic E-state index is -3.10. The van der Waals surface area contributed by atoms with Gasteiger partial charge in [0.2, 0.25) is 0 Å². The Bertz CT molecular complexity index is 2420. The van der Waals surface area contributed by atoms with Crippen LogP contribution in [0, 0.1) is 0 Å². The SMILES string of the molecule is O=P(c1ccccc1)(c1ccccc1)c1ccc2c(c1)c1ccccc1n2-c1cc2ccc3cccc4ccc(c1)c2c34. The van der Waals surface area contributed by atoms with Crippen molar-refractivity contribution in [3.8, 4) is 5.69 Å². The van der Waals surface area contributed by atoms with E-state index in [0.717, 1.165) is 43.4 Å². The molecule has 43 heavy (non-hydrogen) atoms. The standard InChI is InChI=1S/C40H26NOP/c42-43(32-12-3-1-4-13-32,33-14-5-2-6-15-33)34-22-23-38-36(26-34)35-16-7-8-17-37(35)41(38)31-24-29-20-18-27-10-9-11-28-19-21-30(25-31)40(29)39(27)28/h1-26H. The lowest BCUT2D eigenvalue weighted by atomic mass is 9.94. The fraction of sp³-hybridized carbons (Fsp3) is 0. The summed E-state index contributed by atoms with van der Waals surface area (Å²) in [6, 6.07) is 54.9. The van der Waals surface area contributed by atoms with Gasteiger partial charge in [-0.25, -0.2) is 0 Å². The van der Waals surface area contributed by atoms with Crippen LogP contribution < -0.4 is 15.9 Å². The number of benzene rings is 8. The van der Waals surface area contributed by atoms with Gasteiger partial charge in [-0.15, -0.1) is 0 Å². The first-order valence-corrected chi connectivity index (χ1v) is 16.3. The molecule has 0 saturated heterocycles. The molecule has 0 saturated carbocycles. The van der Waals surface area contributed by atoms with Crippen molar-refractivity contribution in [2.45, 2.75) is 0 Å². The van der Waals surface area contributed by atoms with E-state index in [-0.39, 0.29) is 0 Å². The predicted molar refractivity (Wildman–Crippen MR) is 184 cm³/mol. The van der Waals surface area contributed by atoms with Crippen LogP contribution in [0.2, 0.25) is 0 Å². The Kier molecular flexibility index (Phi) is 5.21. The van der Waals surface area contributed by atoms with Crippen molar-refractivity contribution in [1.29, 1.82) is 0 Å². The van der Waals surface area contributed by atoms with Gasteiger partial charge in [-0.3, -0.25) is 0 Å². The van der Waals surface area contributed by atoms with E-state index in [2.05, 4.69) is 102 Å². The number of aromatic nitrogens is 1. The Morgan fingerprint density at radius 3 is 1.58 bits per heavy atom. The molecule has 0 atom stereocenters. The van der Waals surface area contributed by atoms with Crippen LogP contribution >= 0.6 is 7.14 Å². The molecule has 0 radical (unpaired) electrons. The molecule has 0 aliphatic rings. The third-order valence-corrected chi connectivity index (χ3v) is 12.0. The number of rotatable bonds is 4. The highest BCUT2D eigenvalue weighted by atomic mass is 31.2. The molecule has 8 aromatic carbocycles. The van der Waals surface area contributed by atoms with Gasteiger partial charge in [0.1, 0.15) is 0 Å².